The Balaban J connectivity index is 2.38. The van der Waals surface area contributed by atoms with Crippen molar-refractivity contribution in [3.63, 3.8) is 0 Å². The molecule has 17 heavy (non-hydrogen) atoms. The molecular weight excluding hydrogens is 214 g/mol. The number of hydrogen-bond acceptors (Lipinski definition) is 2. The number of amides is 1. The molecule has 1 unspecified atom stereocenters. The highest BCUT2D eigenvalue weighted by molar-refractivity contribution is 5.87. The van der Waals surface area contributed by atoms with Gasteiger partial charge in [0, 0.05) is 6.42 Å². The van der Waals surface area contributed by atoms with Gasteiger partial charge in [-0.1, -0.05) is 49.4 Å². The van der Waals surface area contributed by atoms with Crippen LogP contribution in [0.4, 0.5) is 0 Å². The predicted molar refractivity (Wildman–Crippen MR) is 66.9 cm³/mol. The lowest BCUT2D eigenvalue weighted by atomic mass is 9.92. The SMILES string of the molecule is CC(CC(=O)NO)c1cccc2ccccc12. The van der Waals surface area contributed by atoms with Crippen LogP contribution in [0.15, 0.2) is 42.5 Å². The minimum absolute atomic E-state index is 0.0771. The molecule has 2 rings (SSSR count). The highest BCUT2D eigenvalue weighted by atomic mass is 16.5. The number of fused-ring (bicyclic) bond motifs is 1. The predicted octanol–water partition coefficient (Wildman–Crippen LogP) is 2.84. The van der Waals surface area contributed by atoms with Crippen LogP contribution in [0, 0.1) is 0 Å². The van der Waals surface area contributed by atoms with Gasteiger partial charge in [0.1, 0.15) is 0 Å². The number of nitrogens with one attached hydrogen (secondary N) is 1. The van der Waals surface area contributed by atoms with Crippen LogP contribution in [-0.4, -0.2) is 11.1 Å². The number of hydrogen-bond donors (Lipinski definition) is 2. The van der Waals surface area contributed by atoms with E-state index in [1.54, 1.807) is 5.48 Å². The molecule has 88 valence electrons. The zero-order chi connectivity index (χ0) is 12.3. The first-order valence-electron chi connectivity index (χ1n) is 5.63. The third kappa shape index (κ3) is 2.45. The average molecular weight is 229 g/mol. The molecule has 2 aromatic rings. The fourth-order valence-electron chi connectivity index (χ4n) is 2.11. The van der Waals surface area contributed by atoms with Gasteiger partial charge in [-0.05, 0) is 22.3 Å². The van der Waals surface area contributed by atoms with Crippen LogP contribution in [0.1, 0.15) is 24.8 Å². The zero-order valence-electron chi connectivity index (χ0n) is 9.68. The van der Waals surface area contributed by atoms with E-state index in [0.717, 1.165) is 10.9 Å². The van der Waals surface area contributed by atoms with Gasteiger partial charge in [-0.2, -0.15) is 0 Å². The first-order chi connectivity index (χ1) is 8.22. The summed E-state index contributed by atoms with van der Waals surface area (Å²) in [5, 5.41) is 10.9. The molecule has 3 heteroatoms. The van der Waals surface area contributed by atoms with Gasteiger partial charge in [0.25, 0.3) is 0 Å². The molecule has 2 aromatic carbocycles. The van der Waals surface area contributed by atoms with E-state index >= 15 is 0 Å². The van der Waals surface area contributed by atoms with Crippen molar-refractivity contribution in [1.29, 1.82) is 0 Å². The molecule has 1 atom stereocenters. The highest BCUT2D eigenvalue weighted by Crippen LogP contribution is 2.27. The summed E-state index contributed by atoms with van der Waals surface area (Å²) in [5.41, 5.74) is 2.81. The van der Waals surface area contributed by atoms with Gasteiger partial charge in [-0.15, -0.1) is 0 Å². The van der Waals surface area contributed by atoms with E-state index in [2.05, 4.69) is 18.2 Å². The van der Waals surface area contributed by atoms with Crippen LogP contribution >= 0.6 is 0 Å². The Kier molecular flexibility index (Phi) is 3.40. The maximum Gasteiger partial charge on any atom is 0.243 e. The van der Waals surface area contributed by atoms with Crippen molar-refractivity contribution in [2.75, 3.05) is 0 Å². The van der Waals surface area contributed by atoms with Crippen molar-refractivity contribution in [2.24, 2.45) is 0 Å². The van der Waals surface area contributed by atoms with Crippen molar-refractivity contribution in [2.45, 2.75) is 19.3 Å². The molecule has 0 aliphatic carbocycles. The van der Waals surface area contributed by atoms with Crippen molar-refractivity contribution in [3.8, 4) is 0 Å². The smallest absolute Gasteiger partial charge is 0.243 e. The molecule has 0 aromatic heterocycles. The van der Waals surface area contributed by atoms with Gasteiger partial charge in [0.2, 0.25) is 5.91 Å². The lowest BCUT2D eigenvalue weighted by Crippen LogP contribution is -2.20. The van der Waals surface area contributed by atoms with Gasteiger partial charge >= 0.3 is 0 Å². The molecule has 0 spiro atoms. The summed E-state index contributed by atoms with van der Waals surface area (Å²) in [5.74, 6) is -0.279. The Morgan fingerprint density at radius 1 is 1.24 bits per heavy atom. The molecule has 0 heterocycles. The van der Waals surface area contributed by atoms with Crippen molar-refractivity contribution in [1.82, 2.24) is 5.48 Å². The first-order valence-corrected chi connectivity index (χ1v) is 5.63. The first kappa shape index (κ1) is 11.6. The second-order valence-electron chi connectivity index (χ2n) is 4.21. The third-order valence-corrected chi connectivity index (χ3v) is 2.97. The summed E-state index contributed by atoms with van der Waals surface area (Å²) >= 11 is 0. The normalized spacial score (nSPS) is 12.4. The Labute approximate surface area is 100 Å². The van der Waals surface area contributed by atoms with E-state index in [0.29, 0.717) is 0 Å². The second-order valence-corrected chi connectivity index (χ2v) is 4.21. The fourth-order valence-corrected chi connectivity index (χ4v) is 2.11. The zero-order valence-corrected chi connectivity index (χ0v) is 9.68. The largest absolute Gasteiger partial charge is 0.289 e. The summed E-state index contributed by atoms with van der Waals surface area (Å²) < 4.78 is 0. The summed E-state index contributed by atoms with van der Waals surface area (Å²) in [6.45, 7) is 1.98. The van der Waals surface area contributed by atoms with E-state index in [9.17, 15) is 4.79 Å². The van der Waals surface area contributed by atoms with Gasteiger partial charge in [-0.3, -0.25) is 10.0 Å². The minimum Gasteiger partial charge on any atom is -0.289 e. The summed E-state index contributed by atoms with van der Waals surface area (Å²) in [4.78, 5) is 11.2. The second kappa shape index (κ2) is 4.97. The maximum atomic E-state index is 11.2. The van der Waals surface area contributed by atoms with Gasteiger partial charge in [0.05, 0.1) is 0 Å². The van der Waals surface area contributed by atoms with Crippen LogP contribution in [0.25, 0.3) is 10.8 Å². The third-order valence-electron chi connectivity index (χ3n) is 2.97. The fraction of sp³-hybridized carbons (Fsp3) is 0.214. The lowest BCUT2D eigenvalue weighted by molar-refractivity contribution is -0.129. The van der Waals surface area contributed by atoms with E-state index < -0.39 is 0 Å². The van der Waals surface area contributed by atoms with Crippen LogP contribution in [0.2, 0.25) is 0 Å². The molecule has 0 radical (unpaired) electrons. The van der Waals surface area contributed by atoms with Crippen LogP contribution < -0.4 is 5.48 Å². The van der Waals surface area contributed by atoms with E-state index in [-0.39, 0.29) is 18.2 Å². The molecule has 3 nitrogen and oxygen atoms in total. The average Bonchev–Trinajstić information content (AvgIpc) is 2.37. The van der Waals surface area contributed by atoms with Gasteiger partial charge < -0.3 is 0 Å². The Hall–Kier alpha value is -1.87. The maximum absolute atomic E-state index is 11.2. The summed E-state index contributed by atoms with van der Waals surface area (Å²) in [6, 6.07) is 14.2. The minimum atomic E-state index is -0.356. The van der Waals surface area contributed by atoms with Crippen molar-refractivity contribution < 1.29 is 10.0 Å². The van der Waals surface area contributed by atoms with E-state index in [1.165, 1.54) is 5.39 Å². The van der Waals surface area contributed by atoms with E-state index in [1.807, 2.05) is 31.2 Å². The van der Waals surface area contributed by atoms with Crippen molar-refractivity contribution in [3.05, 3.63) is 48.0 Å². The molecule has 0 aliphatic heterocycles. The van der Waals surface area contributed by atoms with Gasteiger partial charge in [-0.25, -0.2) is 5.48 Å². The monoisotopic (exact) mass is 229 g/mol. The molecule has 0 aliphatic rings. The topological polar surface area (TPSA) is 49.3 Å². The molecule has 0 saturated carbocycles. The Bertz CT molecular complexity index is 531. The van der Waals surface area contributed by atoms with E-state index in [4.69, 9.17) is 5.21 Å². The van der Waals surface area contributed by atoms with Crippen LogP contribution in [-0.2, 0) is 4.79 Å². The molecule has 2 N–H and O–H groups in total. The number of hydroxylamine groups is 1. The summed E-state index contributed by atoms with van der Waals surface area (Å²) in [6.07, 6.45) is 0.282. The standard InChI is InChI=1S/C14H15NO2/c1-10(9-14(16)15-17)12-8-4-6-11-5-2-3-7-13(11)12/h2-8,10,17H,9H2,1H3,(H,15,16). The molecule has 0 fully saturated rings. The Morgan fingerprint density at radius 3 is 2.71 bits per heavy atom. The molecule has 1 amide bonds. The molecular formula is C14H15NO2. The molecule has 0 bridgehead atoms. The van der Waals surface area contributed by atoms with Crippen LogP contribution in [0.3, 0.4) is 0 Å². The number of benzene rings is 2. The van der Waals surface area contributed by atoms with Crippen molar-refractivity contribution >= 4 is 16.7 Å². The Morgan fingerprint density at radius 2 is 1.94 bits per heavy atom. The van der Waals surface area contributed by atoms with Gasteiger partial charge in [0.15, 0.2) is 0 Å². The lowest BCUT2D eigenvalue weighted by Gasteiger charge is -2.13. The number of rotatable bonds is 3. The quantitative estimate of drug-likeness (QED) is 0.628. The molecule has 0 saturated heterocycles. The number of carbonyl (C=O) groups is 1. The number of carbonyl (C=O) groups excluding carboxylic acids is 1. The summed E-state index contributed by atoms with van der Waals surface area (Å²) in [7, 11) is 0. The van der Waals surface area contributed by atoms with Crippen LogP contribution in [0.5, 0.6) is 0 Å². The highest BCUT2D eigenvalue weighted by Gasteiger charge is 2.12.